The van der Waals surface area contributed by atoms with Crippen LogP contribution in [-0.2, 0) is 41.6 Å². The number of carboxylic acid groups (broad SMARTS) is 1. The van der Waals surface area contributed by atoms with E-state index >= 15 is 0 Å². The van der Waals surface area contributed by atoms with Gasteiger partial charge in [-0.3, -0.25) is 28.8 Å². The van der Waals surface area contributed by atoms with Crippen molar-refractivity contribution < 1.29 is 33.9 Å². The number of aromatic nitrogens is 2. The standard InChI is InChI=1S/C34H43N9O7/c35-12-6-5-9-24(36)32(48)39-17-29(44)42-27(13-20-15-37-25-10-3-1-7-22(20)25)33(49)40-18-30(45)43-28(34(50)41-19-31(46)47)14-21-16-38-26-11-4-2-8-23(21)26/h1-4,7-8,10-11,15-16,24,27-28,37-38H,5-6,9,12-14,17-19,35-36H2,(H,39,48)(H,40,49)(H,41,50)(H,42,44)(H,43,45)(H,46,47)/t24-,27-,28-/m0/s1. The molecule has 0 spiro atoms. The number of carbonyl (C=O) groups is 6. The van der Waals surface area contributed by atoms with Crippen LogP contribution < -0.4 is 38.1 Å². The second kappa shape index (κ2) is 18.1. The Morgan fingerprint density at radius 2 is 1.12 bits per heavy atom. The first-order valence-corrected chi connectivity index (χ1v) is 16.2. The lowest BCUT2D eigenvalue weighted by molar-refractivity contribution is -0.138. The summed E-state index contributed by atoms with van der Waals surface area (Å²) in [7, 11) is 0. The third-order valence-corrected chi connectivity index (χ3v) is 8.07. The minimum atomic E-state index is -1.25. The average Bonchev–Trinajstić information content (AvgIpc) is 3.71. The molecule has 2 aromatic heterocycles. The smallest absolute Gasteiger partial charge is 0.322 e. The van der Waals surface area contributed by atoms with Crippen LogP contribution in [0.3, 0.4) is 0 Å². The highest BCUT2D eigenvalue weighted by Gasteiger charge is 2.26. The fraction of sp³-hybridized carbons (Fsp3) is 0.353. The second-order valence-corrected chi connectivity index (χ2v) is 11.8. The van der Waals surface area contributed by atoms with Crippen molar-refractivity contribution in [2.45, 2.75) is 50.2 Å². The van der Waals surface area contributed by atoms with Gasteiger partial charge in [0.15, 0.2) is 0 Å². The molecule has 0 unspecified atom stereocenters. The van der Waals surface area contributed by atoms with E-state index in [9.17, 15) is 28.8 Å². The molecule has 2 heterocycles. The number of hydrogen-bond donors (Lipinski definition) is 10. The van der Waals surface area contributed by atoms with Crippen LogP contribution >= 0.6 is 0 Å². The lowest BCUT2D eigenvalue weighted by Gasteiger charge is -2.20. The maximum atomic E-state index is 13.5. The fourth-order valence-corrected chi connectivity index (χ4v) is 5.46. The Bertz CT molecular complexity index is 1820. The first-order valence-electron chi connectivity index (χ1n) is 16.2. The SMILES string of the molecule is NCCCC[C@H](N)C(=O)NCC(=O)N[C@@H](Cc1c[nH]c2ccccc12)C(=O)NCC(=O)N[C@@H](Cc1c[nH]c2ccccc12)C(=O)NCC(=O)O. The van der Waals surface area contributed by atoms with Crippen LogP contribution in [0, 0.1) is 0 Å². The molecule has 16 heteroatoms. The first-order chi connectivity index (χ1) is 24.0. The number of nitrogens with one attached hydrogen (secondary N) is 7. The summed E-state index contributed by atoms with van der Waals surface area (Å²) in [6.07, 6.45) is 5.29. The van der Waals surface area contributed by atoms with Gasteiger partial charge in [-0.05, 0) is 42.6 Å². The summed E-state index contributed by atoms with van der Waals surface area (Å²) in [6, 6.07) is 11.7. The molecule has 5 amide bonds. The van der Waals surface area contributed by atoms with Gasteiger partial charge >= 0.3 is 5.97 Å². The molecule has 16 nitrogen and oxygen atoms in total. The highest BCUT2D eigenvalue weighted by Crippen LogP contribution is 2.20. The van der Waals surface area contributed by atoms with E-state index in [1.54, 1.807) is 12.4 Å². The molecule has 0 saturated heterocycles. The predicted molar refractivity (Wildman–Crippen MR) is 185 cm³/mol. The number of amides is 5. The molecule has 0 radical (unpaired) electrons. The number of aliphatic carboxylic acids is 1. The monoisotopic (exact) mass is 689 g/mol. The van der Waals surface area contributed by atoms with E-state index in [1.807, 2.05) is 48.5 Å². The Hall–Kier alpha value is -5.74. The zero-order valence-electron chi connectivity index (χ0n) is 27.4. The minimum absolute atomic E-state index is 0.0385. The number of para-hydroxylation sites is 2. The van der Waals surface area contributed by atoms with Crippen molar-refractivity contribution in [1.82, 2.24) is 36.6 Å². The predicted octanol–water partition coefficient (Wildman–Crippen LogP) is -0.706. The minimum Gasteiger partial charge on any atom is -0.480 e. The van der Waals surface area contributed by atoms with E-state index in [0.29, 0.717) is 31.4 Å². The van der Waals surface area contributed by atoms with Crippen molar-refractivity contribution in [3.8, 4) is 0 Å². The van der Waals surface area contributed by atoms with Gasteiger partial charge in [0.25, 0.3) is 0 Å². The molecule has 0 aliphatic rings. The Balaban J connectivity index is 1.41. The Labute approximate surface area is 287 Å². The lowest BCUT2D eigenvalue weighted by atomic mass is 10.0. The maximum Gasteiger partial charge on any atom is 0.322 e. The highest BCUT2D eigenvalue weighted by molar-refractivity contribution is 5.95. The molecule has 50 heavy (non-hydrogen) atoms. The first kappa shape index (κ1) is 37.1. The molecule has 0 fully saturated rings. The van der Waals surface area contributed by atoms with Gasteiger partial charge in [0, 0.05) is 47.0 Å². The second-order valence-electron chi connectivity index (χ2n) is 11.8. The number of carbonyl (C=O) groups excluding carboxylic acids is 5. The van der Waals surface area contributed by atoms with Gasteiger partial charge in [-0.25, -0.2) is 0 Å². The molecule has 0 aliphatic carbocycles. The van der Waals surface area contributed by atoms with Crippen molar-refractivity contribution in [1.29, 1.82) is 0 Å². The van der Waals surface area contributed by atoms with Crippen molar-refractivity contribution in [2.24, 2.45) is 11.5 Å². The summed E-state index contributed by atoms with van der Waals surface area (Å²) in [5, 5.41) is 23.2. The Morgan fingerprint density at radius 3 is 1.60 bits per heavy atom. The summed E-state index contributed by atoms with van der Waals surface area (Å²) in [4.78, 5) is 82.1. The topological polar surface area (TPSA) is 266 Å². The van der Waals surface area contributed by atoms with E-state index in [0.717, 1.165) is 27.4 Å². The zero-order chi connectivity index (χ0) is 36.0. The van der Waals surface area contributed by atoms with Crippen molar-refractivity contribution in [2.75, 3.05) is 26.2 Å². The van der Waals surface area contributed by atoms with Gasteiger partial charge in [0.1, 0.15) is 18.6 Å². The van der Waals surface area contributed by atoms with E-state index in [1.165, 1.54) is 0 Å². The summed E-state index contributed by atoms with van der Waals surface area (Å²) < 4.78 is 0. The van der Waals surface area contributed by atoms with Crippen LogP contribution in [0.4, 0.5) is 0 Å². The molecule has 3 atom stereocenters. The number of fused-ring (bicyclic) bond motifs is 2. The number of hydrogen-bond acceptors (Lipinski definition) is 8. The number of unbranched alkanes of at least 4 members (excludes halogenated alkanes) is 1. The zero-order valence-corrected chi connectivity index (χ0v) is 27.4. The fourth-order valence-electron chi connectivity index (χ4n) is 5.46. The molecule has 0 aliphatic heterocycles. The molecule has 266 valence electrons. The van der Waals surface area contributed by atoms with Gasteiger partial charge in [-0.15, -0.1) is 0 Å². The van der Waals surface area contributed by atoms with Crippen LogP contribution in [0.5, 0.6) is 0 Å². The molecule has 12 N–H and O–H groups in total. The van der Waals surface area contributed by atoms with Crippen molar-refractivity contribution in [3.05, 3.63) is 72.1 Å². The van der Waals surface area contributed by atoms with E-state index < -0.39 is 73.3 Å². The van der Waals surface area contributed by atoms with Gasteiger partial charge in [0.2, 0.25) is 29.5 Å². The van der Waals surface area contributed by atoms with Gasteiger partial charge in [-0.2, -0.15) is 0 Å². The normalized spacial score (nSPS) is 12.8. The molecular weight excluding hydrogens is 646 g/mol. The summed E-state index contributed by atoms with van der Waals surface area (Å²) in [5.74, 6) is -4.54. The number of nitrogens with two attached hydrogens (primary N) is 2. The number of benzene rings is 2. The van der Waals surface area contributed by atoms with Crippen LogP contribution in [0.2, 0.25) is 0 Å². The van der Waals surface area contributed by atoms with Gasteiger partial charge < -0.3 is 53.1 Å². The molecular formula is C34H43N9O7. The summed E-state index contributed by atoms with van der Waals surface area (Å²) in [6.45, 7) is -1.15. The summed E-state index contributed by atoms with van der Waals surface area (Å²) >= 11 is 0. The average molecular weight is 690 g/mol. The van der Waals surface area contributed by atoms with Crippen LogP contribution in [-0.4, -0.2) is 94.9 Å². The van der Waals surface area contributed by atoms with Gasteiger partial charge in [0.05, 0.1) is 19.1 Å². The van der Waals surface area contributed by atoms with E-state index in [2.05, 4.69) is 36.6 Å². The van der Waals surface area contributed by atoms with Crippen LogP contribution in [0.1, 0.15) is 30.4 Å². The Morgan fingerprint density at radius 1 is 0.660 bits per heavy atom. The third-order valence-electron chi connectivity index (χ3n) is 8.07. The van der Waals surface area contributed by atoms with Crippen LogP contribution in [0.15, 0.2) is 60.9 Å². The van der Waals surface area contributed by atoms with Crippen LogP contribution in [0.25, 0.3) is 21.8 Å². The Kier molecular flexibility index (Phi) is 13.5. The molecule has 4 aromatic rings. The van der Waals surface area contributed by atoms with E-state index in [-0.39, 0.29) is 12.8 Å². The molecule has 2 aromatic carbocycles. The number of aromatic amines is 2. The highest BCUT2D eigenvalue weighted by atomic mass is 16.4. The van der Waals surface area contributed by atoms with Crippen molar-refractivity contribution >= 4 is 57.3 Å². The number of carboxylic acids is 1. The van der Waals surface area contributed by atoms with E-state index in [4.69, 9.17) is 16.6 Å². The molecule has 0 bridgehead atoms. The van der Waals surface area contributed by atoms with Crippen molar-refractivity contribution in [3.63, 3.8) is 0 Å². The largest absolute Gasteiger partial charge is 0.480 e. The van der Waals surface area contributed by atoms with Gasteiger partial charge in [-0.1, -0.05) is 42.8 Å². The molecule has 0 saturated carbocycles. The summed E-state index contributed by atoms with van der Waals surface area (Å²) in [5.41, 5.74) is 14.5. The molecule has 4 rings (SSSR count). The number of rotatable bonds is 19. The third kappa shape index (κ3) is 10.6. The maximum absolute atomic E-state index is 13.5. The lowest BCUT2D eigenvalue weighted by Crippen LogP contribution is -2.54. The quantitative estimate of drug-likeness (QED) is 0.0557. The number of H-pyrrole nitrogens is 2.